The number of H-pyrrole nitrogens is 1. The summed E-state index contributed by atoms with van der Waals surface area (Å²) in [7, 11) is 0. The topological polar surface area (TPSA) is 70.7 Å². The van der Waals surface area contributed by atoms with E-state index < -0.39 is 17.6 Å². The predicted molar refractivity (Wildman–Crippen MR) is 60.5 cm³/mol. The summed E-state index contributed by atoms with van der Waals surface area (Å²) in [4.78, 5) is 15.6. The molecule has 1 aromatic carbocycles. The molecule has 1 aromatic heterocycles. The molecule has 5 nitrogen and oxygen atoms in total. The van der Waals surface area contributed by atoms with Gasteiger partial charge in [-0.3, -0.25) is 15.2 Å². The lowest BCUT2D eigenvalue weighted by atomic mass is 10.1. The van der Waals surface area contributed by atoms with Crippen LogP contribution in [-0.4, -0.2) is 21.1 Å². The summed E-state index contributed by atoms with van der Waals surface area (Å²) in [5.41, 5.74) is -0.997. The third-order valence-corrected chi connectivity index (χ3v) is 2.27. The number of hydrogen-bond donors (Lipinski definition) is 2. The van der Waals surface area contributed by atoms with Gasteiger partial charge in [0.25, 0.3) is 5.91 Å². The minimum absolute atomic E-state index is 0.0138. The molecule has 1 amide bonds. The third-order valence-electron chi connectivity index (χ3n) is 2.27. The molecule has 2 N–H and O–H groups in total. The smallest absolute Gasteiger partial charge is 0.289 e. The van der Waals surface area contributed by atoms with Crippen LogP contribution >= 0.6 is 0 Å². The largest absolute Gasteiger partial charge is 0.416 e. The molecule has 2 rings (SSSR count). The van der Waals surface area contributed by atoms with Crippen LogP contribution in [0.1, 0.15) is 21.7 Å². The molecule has 0 fully saturated rings. The van der Waals surface area contributed by atoms with Crippen molar-refractivity contribution in [3.05, 3.63) is 41.2 Å². The van der Waals surface area contributed by atoms with Crippen molar-refractivity contribution >= 4 is 11.9 Å². The monoisotopic (exact) mass is 270 g/mol. The van der Waals surface area contributed by atoms with Crippen LogP contribution in [0.4, 0.5) is 19.1 Å². The first kappa shape index (κ1) is 13.1. The Morgan fingerprint density at radius 3 is 2.68 bits per heavy atom. The van der Waals surface area contributed by atoms with Crippen molar-refractivity contribution in [3.8, 4) is 0 Å². The molecule has 0 radical (unpaired) electrons. The van der Waals surface area contributed by atoms with Crippen molar-refractivity contribution in [3.63, 3.8) is 0 Å². The average molecular weight is 270 g/mol. The number of amides is 1. The molecular formula is C11H9F3N4O. The van der Waals surface area contributed by atoms with Crippen molar-refractivity contribution in [1.29, 1.82) is 0 Å². The van der Waals surface area contributed by atoms with Gasteiger partial charge in [0.05, 0.1) is 5.56 Å². The van der Waals surface area contributed by atoms with Gasteiger partial charge in [-0.2, -0.15) is 18.2 Å². The van der Waals surface area contributed by atoms with E-state index in [1.165, 1.54) is 12.1 Å². The second-order valence-corrected chi connectivity index (χ2v) is 3.78. The summed E-state index contributed by atoms with van der Waals surface area (Å²) in [5, 5.41) is 8.47. The highest BCUT2D eigenvalue weighted by molar-refractivity contribution is 6.03. The van der Waals surface area contributed by atoms with Crippen LogP contribution < -0.4 is 5.32 Å². The molecule has 0 saturated heterocycles. The molecule has 8 heteroatoms. The average Bonchev–Trinajstić information content (AvgIpc) is 2.74. The van der Waals surface area contributed by atoms with Gasteiger partial charge < -0.3 is 0 Å². The zero-order valence-corrected chi connectivity index (χ0v) is 9.75. The van der Waals surface area contributed by atoms with E-state index >= 15 is 0 Å². The van der Waals surface area contributed by atoms with Crippen LogP contribution in [0.3, 0.4) is 0 Å². The number of aromatic amines is 1. The number of carbonyl (C=O) groups excluding carboxylic acids is 1. The van der Waals surface area contributed by atoms with Crippen LogP contribution in [0.25, 0.3) is 0 Å². The maximum atomic E-state index is 12.5. The van der Waals surface area contributed by atoms with E-state index in [-0.39, 0.29) is 11.5 Å². The summed E-state index contributed by atoms with van der Waals surface area (Å²) in [6, 6.07) is 4.12. The minimum atomic E-state index is -4.49. The Bertz CT molecular complexity index is 606. The van der Waals surface area contributed by atoms with E-state index in [1.54, 1.807) is 6.92 Å². The Morgan fingerprint density at radius 2 is 2.11 bits per heavy atom. The molecule has 1 heterocycles. The molecule has 0 unspecified atom stereocenters. The lowest BCUT2D eigenvalue weighted by Gasteiger charge is -2.08. The number of benzene rings is 1. The number of nitrogens with one attached hydrogen (secondary N) is 2. The number of halogens is 3. The highest BCUT2D eigenvalue weighted by Gasteiger charge is 2.30. The third kappa shape index (κ3) is 3.09. The highest BCUT2D eigenvalue weighted by Crippen LogP contribution is 2.29. The fourth-order valence-electron chi connectivity index (χ4n) is 1.41. The second kappa shape index (κ2) is 4.71. The first-order chi connectivity index (χ1) is 8.86. The molecule has 0 saturated carbocycles. The van der Waals surface area contributed by atoms with E-state index in [2.05, 4.69) is 20.5 Å². The van der Waals surface area contributed by atoms with Gasteiger partial charge in [0.2, 0.25) is 5.95 Å². The molecule has 0 aliphatic carbocycles. The first-order valence-corrected chi connectivity index (χ1v) is 5.24. The van der Waals surface area contributed by atoms with Gasteiger partial charge in [-0.15, -0.1) is 5.10 Å². The minimum Gasteiger partial charge on any atom is -0.289 e. The summed E-state index contributed by atoms with van der Waals surface area (Å²) >= 11 is 0. The summed E-state index contributed by atoms with van der Waals surface area (Å²) in [6.45, 7) is 1.63. The van der Waals surface area contributed by atoms with Gasteiger partial charge in [0.1, 0.15) is 5.82 Å². The quantitative estimate of drug-likeness (QED) is 0.880. The Balaban J connectivity index is 2.20. The normalized spacial score (nSPS) is 11.4. The fraction of sp³-hybridized carbons (Fsp3) is 0.182. The maximum Gasteiger partial charge on any atom is 0.416 e. The SMILES string of the molecule is Cc1nc(NC(=O)c2cccc(C(F)(F)F)c2)n[nH]1. The van der Waals surface area contributed by atoms with Crippen molar-refractivity contribution in [2.24, 2.45) is 0 Å². The van der Waals surface area contributed by atoms with Crippen LogP contribution in [0.5, 0.6) is 0 Å². The number of alkyl halides is 3. The van der Waals surface area contributed by atoms with Gasteiger partial charge >= 0.3 is 6.18 Å². The molecule has 19 heavy (non-hydrogen) atoms. The lowest BCUT2D eigenvalue weighted by molar-refractivity contribution is -0.137. The number of aromatic nitrogens is 3. The Hall–Kier alpha value is -2.38. The number of aryl methyl sites for hydroxylation is 1. The van der Waals surface area contributed by atoms with Gasteiger partial charge in [-0.1, -0.05) is 6.07 Å². The molecule has 0 bridgehead atoms. The standard InChI is InChI=1S/C11H9F3N4O/c1-6-15-10(18-17-6)16-9(19)7-3-2-4-8(5-7)11(12,13)14/h2-5H,1H3,(H2,15,16,17,18,19). The molecule has 100 valence electrons. The fourth-order valence-corrected chi connectivity index (χ4v) is 1.41. The van der Waals surface area contributed by atoms with Gasteiger partial charge in [-0.25, -0.2) is 0 Å². The number of nitrogens with zero attached hydrogens (tertiary/aromatic N) is 2. The molecule has 0 spiro atoms. The van der Waals surface area contributed by atoms with Crippen molar-refractivity contribution in [2.45, 2.75) is 13.1 Å². The number of carbonyl (C=O) groups is 1. The Kier molecular flexibility index (Phi) is 3.24. The summed E-state index contributed by atoms with van der Waals surface area (Å²) in [6.07, 6.45) is -4.49. The van der Waals surface area contributed by atoms with Gasteiger partial charge in [-0.05, 0) is 25.1 Å². The highest BCUT2D eigenvalue weighted by atomic mass is 19.4. The zero-order valence-electron chi connectivity index (χ0n) is 9.75. The van der Waals surface area contributed by atoms with Crippen LogP contribution in [0.15, 0.2) is 24.3 Å². The maximum absolute atomic E-state index is 12.5. The number of anilines is 1. The lowest BCUT2D eigenvalue weighted by Crippen LogP contribution is -2.14. The van der Waals surface area contributed by atoms with Crippen LogP contribution in [0.2, 0.25) is 0 Å². The van der Waals surface area contributed by atoms with E-state index in [0.29, 0.717) is 5.82 Å². The molecule has 2 aromatic rings. The van der Waals surface area contributed by atoms with Crippen molar-refractivity contribution in [2.75, 3.05) is 5.32 Å². The summed E-state index contributed by atoms with van der Waals surface area (Å²) in [5.74, 6) is -0.204. The van der Waals surface area contributed by atoms with E-state index in [0.717, 1.165) is 12.1 Å². The molecule has 0 aliphatic heterocycles. The van der Waals surface area contributed by atoms with Crippen molar-refractivity contribution < 1.29 is 18.0 Å². The van der Waals surface area contributed by atoms with Gasteiger partial charge in [0.15, 0.2) is 0 Å². The number of rotatable bonds is 2. The van der Waals surface area contributed by atoms with Gasteiger partial charge in [0, 0.05) is 5.56 Å². The zero-order chi connectivity index (χ0) is 14.0. The van der Waals surface area contributed by atoms with E-state index in [4.69, 9.17) is 0 Å². The second-order valence-electron chi connectivity index (χ2n) is 3.78. The van der Waals surface area contributed by atoms with E-state index in [1.807, 2.05) is 0 Å². The molecule has 0 aliphatic rings. The summed E-state index contributed by atoms with van der Waals surface area (Å²) < 4.78 is 37.5. The van der Waals surface area contributed by atoms with Crippen LogP contribution in [-0.2, 0) is 6.18 Å². The Labute approximate surface area is 105 Å². The first-order valence-electron chi connectivity index (χ1n) is 5.24. The molecule has 0 atom stereocenters. The van der Waals surface area contributed by atoms with Crippen molar-refractivity contribution in [1.82, 2.24) is 15.2 Å². The Morgan fingerprint density at radius 1 is 1.37 bits per heavy atom. The number of hydrogen-bond acceptors (Lipinski definition) is 3. The molecular weight excluding hydrogens is 261 g/mol. The van der Waals surface area contributed by atoms with Crippen LogP contribution in [0, 0.1) is 6.92 Å². The predicted octanol–water partition coefficient (Wildman–Crippen LogP) is 2.38. The van der Waals surface area contributed by atoms with E-state index in [9.17, 15) is 18.0 Å².